The molecule has 2 aromatic rings. The smallest absolute Gasteiger partial charge is 0.348 e. The summed E-state index contributed by atoms with van der Waals surface area (Å²) in [5.41, 5.74) is 5.93. The number of aromatic nitrogens is 4. The van der Waals surface area contributed by atoms with E-state index in [0.717, 1.165) is 12.4 Å². The monoisotopic (exact) mass is 264 g/mol. The van der Waals surface area contributed by atoms with E-state index in [0.29, 0.717) is 18.7 Å². The maximum atomic E-state index is 11.4. The minimum Gasteiger partial charge on any atom is -0.370 e. The maximum absolute atomic E-state index is 11.4. The van der Waals surface area contributed by atoms with Crippen molar-refractivity contribution in [3.8, 4) is 0 Å². The summed E-state index contributed by atoms with van der Waals surface area (Å²) in [6, 6.07) is 1.78. The predicted octanol–water partition coefficient (Wildman–Crippen LogP) is -1.03. The first-order valence-corrected chi connectivity index (χ1v) is 6.20. The van der Waals surface area contributed by atoms with Crippen LogP contribution < -0.4 is 16.3 Å². The van der Waals surface area contributed by atoms with Crippen molar-refractivity contribution in [3.63, 3.8) is 0 Å². The van der Waals surface area contributed by atoms with Crippen molar-refractivity contribution in [1.29, 1.82) is 0 Å². The molecule has 0 aliphatic carbocycles. The van der Waals surface area contributed by atoms with Crippen LogP contribution in [0.1, 0.15) is 6.92 Å². The molecule has 3 rings (SSSR count). The third kappa shape index (κ3) is 2.20. The molecule has 0 radical (unpaired) electrons. The summed E-state index contributed by atoms with van der Waals surface area (Å²) in [5, 5.41) is 6.32. The number of nitrogens with zero attached hydrogens (tertiary/aromatic N) is 4. The number of ether oxygens (including phenoxy) is 1. The molecule has 1 fully saturated rings. The van der Waals surface area contributed by atoms with Gasteiger partial charge in [0.15, 0.2) is 5.65 Å². The summed E-state index contributed by atoms with van der Waals surface area (Å²) < 4.78 is 7.08. The molecule has 102 valence electrons. The molecule has 3 heterocycles. The minimum absolute atomic E-state index is 0.00292. The van der Waals surface area contributed by atoms with Crippen molar-refractivity contribution in [2.45, 2.75) is 19.1 Å². The average Bonchev–Trinajstić information content (AvgIpc) is 2.79. The van der Waals surface area contributed by atoms with Gasteiger partial charge in [0.25, 0.3) is 0 Å². The van der Waals surface area contributed by atoms with Gasteiger partial charge in [0.1, 0.15) is 12.1 Å². The van der Waals surface area contributed by atoms with E-state index in [2.05, 4.69) is 20.1 Å². The molecular formula is C11H16N6O2. The number of nitrogens with one attached hydrogen (secondary N) is 1. The van der Waals surface area contributed by atoms with E-state index in [9.17, 15) is 4.79 Å². The number of anilines is 1. The first-order valence-electron chi connectivity index (χ1n) is 6.20. The van der Waals surface area contributed by atoms with Gasteiger partial charge in [-0.05, 0) is 6.92 Å². The third-order valence-corrected chi connectivity index (χ3v) is 3.21. The largest absolute Gasteiger partial charge is 0.370 e. The lowest BCUT2D eigenvalue weighted by atomic mass is 10.2. The Labute approximate surface area is 109 Å². The molecule has 1 saturated heterocycles. The number of H-pyrrole nitrogens is 1. The standard InChI is InChI=1S/C11H16N6O2/c1-7-4-16(5-8(3-12)19-7)9-2-10-14-15-11(18)17(10)6-13-9/h2,6-8H,3-5,12H2,1H3,(H,15,18). The van der Waals surface area contributed by atoms with Gasteiger partial charge in [0.05, 0.1) is 12.2 Å². The van der Waals surface area contributed by atoms with Gasteiger partial charge in [-0.1, -0.05) is 0 Å². The van der Waals surface area contributed by atoms with Gasteiger partial charge in [-0.15, -0.1) is 0 Å². The Morgan fingerprint density at radius 1 is 1.58 bits per heavy atom. The number of hydrogen-bond acceptors (Lipinski definition) is 6. The van der Waals surface area contributed by atoms with Crippen molar-refractivity contribution < 1.29 is 4.74 Å². The molecule has 2 atom stereocenters. The topological polar surface area (TPSA) is 102 Å². The lowest BCUT2D eigenvalue weighted by Gasteiger charge is -2.36. The number of hydrogen-bond donors (Lipinski definition) is 2. The minimum atomic E-state index is -0.288. The molecule has 1 aliphatic heterocycles. The summed E-state index contributed by atoms with van der Waals surface area (Å²) in [6.45, 7) is 3.92. The van der Waals surface area contributed by atoms with E-state index in [1.165, 1.54) is 10.7 Å². The highest BCUT2D eigenvalue weighted by molar-refractivity contribution is 5.50. The van der Waals surface area contributed by atoms with Crippen LogP contribution in [-0.2, 0) is 4.74 Å². The number of rotatable bonds is 2. The zero-order valence-electron chi connectivity index (χ0n) is 10.6. The van der Waals surface area contributed by atoms with Gasteiger partial charge >= 0.3 is 5.69 Å². The van der Waals surface area contributed by atoms with Crippen LogP contribution >= 0.6 is 0 Å². The molecule has 3 N–H and O–H groups in total. The van der Waals surface area contributed by atoms with Crippen molar-refractivity contribution in [2.75, 3.05) is 24.5 Å². The van der Waals surface area contributed by atoms with E-state index in [-0.39, 0.29) is 17.9 Å². The zero-order chi connectivity index (χ0) is 13.4. The lowest BCUT2D eigenvalue weighted by Crippen LogP contribution is -2.49. The normalized spacial score (nSPS) is 24.0. The summed E-state index contributed by atoms with van der Waals surface area (Å²) in [5.74, 6) is 0.778. The van der Waals surface area contributed by atoms with Crippen LogP contribution in [0, 0.1) is 0 Å². The van der Waals surface area contributed by atoms with E-state index in [4.69, 9.17) is 10.5 Å². The summed E-state index contributed by atoms with van der Waals surface area (Å²) in [7, 11) is 0. The summed E-state index contributed by atoms with van der Waals surface area (Å²) in [6.07, 6.45) is 1.58. The first-order chi connectivity index (χ1) is 9.17. The van der Waals surface area contributed by atoms with Crippen LogP contribution in [0.4, 0.5) is 5.82 Å². The van der Waals surface area contributed by atoms with E-state index in [1.807, 2.05) is 6.92 Å². The van der Waals surface area contributed by atoms with Gasteiger partial charge in [0.2, 0.25) is 0 Å². The Morgan fingerprint density at radius 2 is 2.42 bits per heavy atom. The molecule has 2 aromatic heterocycles. The lowest BCUT2D eigenvalue weighted by molar-refractivity contribution is -0.0107. The highest BCUT2D eigenvalue weighted by atomic mass is 16.5. The van der Waals surface area contributed by atoms with Crippen LogP contribution in [-0.4, -0.2) is 51.4 Å². The highest BCUT2D eigenvalue weighted by Gasteiger charge is 2.25. The molecule has 8 heteroatoms. The number of nitrogens with two attached hydrogens (primary N) is 1. The van der Waals surface area contributed by atoms with Gasteiger partial charge in [0, 0.05) is 25.7 Å². The second-order valence-electron chi connectivity index (χ2n) is 4.71. The third-order valence-electron chi connectivity index (χ3n) is 3.21. The second kappa shape index (κ2) is 4.63. The van der Waals surface area contributed by atoms with Crippen LogP contribution in [0.5, 0.6) is 0 Å². The van der Waals surface area contributed by atoms with Crippen LogP contribution in [0.3, 0.4) is 0 Å². The Bertz CT molecular complexity index is 635. The fraction of sp³-hybridized carbons (Fsp3) is 0.545. The maximum Gasteiger partial charge on any atom is 0.348 e. The Morgan fingerprint density at radius 3 is 3.21 bits per heavy atom. The van der Waals surface area contributed by atoms with Crippen molar-refractivity contribution in [1.82, 2.24) is 19.6 Å². The molecule has 0 amide bonds. The van der Waals surface area contributed by atoms with E-state index >= 15 is 0 Å². The van der Waals surface area contributed by atoms with Gasteiger partial charge in [-0.3, -0.25) is 0 Å². The zero-order valence-corrected chi connectivity index (χ0v) is 10.6. The van der Waals surface area contributed by atoms with E-state index in [1.54, 1.807) is 6.07 Å². The molecular weight excluding hydrogens is 248 g/mol. The quantitative estimate of drug-likeness (QED) is 0.719. The molecule has 19 heavy (non-hydrogen) atoms. The Hall–Kier alpha value is -1.93. The van der Waals surface area contributed by atoms with Gasteiger partial charge < -0.3 is 15.4 Å². The molecule has 0 saturated carbocycles. The van der Waals surface area contributed by atoms with Crippen LogP contribution in [0.15, 0.2) is 17.2 Å². The Kier molecular flexibility index (Phi) is 2.96. The van der Waals surface area contributed by atoms with Crippen LogP contribution in [0.2, 0.25) is 0 Å². The van der Waals surface area contributed by atoms with E-state index < -0.39 is 0 Å². The molecule has 0 bridgehead atoms. The van der Waals surface area contributed by atoms with Crippen molar-refractivity contribution in [3.05, 3.63) is 22.9 Å². The van der Waals surface area contributed by atoms with Gasteiger partial charge in [-0.25, -0.2) is 19.3 Å². The van der Waals surface area contributed by atoms with Crippen LogP contribution in [0.25, 0.3) is 5.65 Å². The summed E-state index contributed by atoms with van der Waals surface area (Å²) in [4.78, 5) is 17.8. The van der Waals surface area contributed by atoms with Crippen molar-refractivity contribution >= 4 is 11.5 Å². The molecule has 2 unspecified atom stereocenters. The number of fused-ring (bicyclic) bond motifs is 1. The Balaban J connectivity index is 1.92. The van der Waals surface area contributed by atoms with Crippen molar-refractivity contribution in [2.24, 2.45) is 5.73 Å². The molecule has 8 nitrogen and oxygen atoms in total. The predicted molar refractivity (Wildman–Crippen MR) is 69.2 cm³/mol. The molecule has 1 aliphatic rings. The molecule has 0 aromatic carbocycles. The van der Waals surface area contributed by atoms with Gasteiger partial charge in [-0.2, -0.15) is 5.10 Å². The average molecular weight is 264 g/mol. The SMILES string of the molecule is CC1CN(c2cc3n[nH]c(=O)n3cn2)CC(CN)O1. The number of morpholine rings is 1. The fourth-order valence-electron chi connectivity index (χ4n) is 2.34. The highest BCUT2D eigenvalue weighted by Crippen LogP contribution is 2.18. The fourth-order valence-corrected chi connectivity index (χ4v) is 2.34. The number of aromatic amines is 1. The first kappa shape index (κ1) is 12.1. The summed E-state index contributed by atoms with van der Waals surface area (Å²) >= 11 is 0. The molecule has 0 spiro atoms. The second-order valence-corrected chi connectivity index (χ2v) is 4.71.